The Bertz CT molecular complexity index is 486. The molecule has 0 spiro atoms. The van der Waals surface area contributed by atoms with E-state index in [9.17, 15) is 22.7 Å². The van der Waals surface area contributed by atoms with E-state index >= 15 is 0 Å². The topological polar surface area (TPSA) is 86.3 Å². The number of halogens is 1. The number of hydrogen-bond donors (Lipinski definition) is 1. The zero-order valence-electron chi connectivity index (χ0n) is 8.14. The molecule has 0 fully saturated rings. The Kier molecular flexibility index (Phi) is 3.97. The van der Waals surface area contributed by atoms with Crippen LogP contribution in [0.1, 0.15) is 6.42 Å². The molecule has 0 aliphatic heterocycles. The number of hydrogen-bond acceptors (Lipinski definition) is 4. The van der Waals surface area contributed by atoms with Crippen LogP contribution in [0.25, 0.3) is 0 Å². The minimum absolute atomic E-state index is 0.334. The molecule has 0 bridgehead atoms. The highest BCUT2D eigenvalue weighted by Crippen LogP contribution is 2.12. The van der Waals surface area contributed by atoms with Crippen LogP contribution in [0.5, 0.6) is 0 Å². The summed E-state index contributed by atoms with van der Waals surface area (Å²) >= 11 is 0. The molecule has 1 N–H and O–H groups in total. The van der Waals surface area contributed by atoms with Crippen molar-refractivity contribution in [2.24, 2.45) is 0 Å². The summed E-state index contributed by atoms with van der Waals surface area (Å²) in [6.45, 7) is -0.334. The van der Waals surface area contributed by atoms with Gasteiger partial charge >= 0.3 is 0 Å². The lowest BCUT2D eigenvalue weighted by Crippen LogP contribution is -2.31. The smallest absolute Gasteiger partial charge is 0.243 e. The fourth-order valence-corrected chi connectivity index (χ4v) is 2.14. The molecular weight excluding hydrogens is 237 g/mol. The van der Waals surface area contributed by atoms with Gasteiger partial charge < -0.3 is 9.90 Å². The molecule has 0 aromatic heterocycles. The number of carboxylic acids is 1. The number of carbonyl (C=O) groups is 1. The number of carboxylic acid groups (broad SMARTS) is 1. The standard InChI is InChI=1S/C9H10FNO4S/c10-7-3-1-2-4-8(7)16(14,15)11-6-5-9(12)13/h1-4,11H,5-6H2,(H,12,13)/p-1. The number of carbonyl (C=O) groups excluding carboxylic acids is 1. The summed E-state index contributed by atoms with van der Waals surface area (Å²) in [5.41, 5.74) is 0. The Morgan fingerprint density at radius 2 is 2.00 bits per heavy atom. The summed E-state index contributed by atoms with van der Waals surface area (Å²) in [5, 5.41) is 10.1. The zero-order chi connectivity index (χ0) is 12.2. The van der Waals surface area contributed by atoms with Gasteiger partial charge in [0.2, 0.25) is 10.0 Å². The van der Waals surface area contributed by atoms with Gasteiger partial charge in [-0.25, -0.2) is 17.5 Å². The normalized spacial score (nSPS) is 11.3. The predicted octanol–water partition coefficient (Wildman–Crippen LogP) is -0.756. The van der Waals surface area contributed by atoms with E-state index in [1.54, 1.807) is 0 Å². The van der Waals surface area contributed by atoms with Crippen molar-refractivity contribution in [2.45, 2.75) is 11.3 Å². The highest BCUT2D eigenvalue weighted by Gasteiger charge is 2.17. The molecule has 1 rings (SSSR count). The van der Waals surface area contributed by atoms with Gasteiger partial charge in [0.25, 0.3) is 0 Å². The van der Waals surface area contributed by atoms with Gasteiger partial charge in [-0.3, -0.25) is 0 Å². The fraction of sp³-hybridized carbons (Fsp3) is 0.222. The quantitative estimate of drug-likeness (QED) is 0.740. The highest BCUT2D eigenvalue weighted by atomic mass is 32.2. The molecular formula is C9H9FNO4S-. The Labute approximate surface area is 92.0 Å². The number of aliphatic carboxylic acids is 1. The number of rotatable bonds is 5. The lowest BCUT2D eigenvalue weighted by molar-refractivity contribution is -0.305. The van der Waals surface area contributed by atoms with E-state index in [1.165, 1.54) is 12.1 Å². The zero-order valence-corrected chi connectivity index (χ0v) is 8.96. The van der Waals surface area contributed by atoms with Crippen molar-refractivity contribution >= 4 is 16.0 Å². The van der Waals surface area contributed by atoms with Crippen LogP contribution in [0.2, 0.25) is 0 Å². The van der Waals surface area contributed by atoms with E-state index in [2.05, 4.69) is 0 Å². The molecule has 1 aromatic rings. The molecule has 1 aromatic carbocycles. The van der Waals surface area contributed by atoms with Crippen molar-refractivity contribution in [2.75, 3.05) is 6.54 Å². The van der Waals surface area contributed by atoms with E-state index in [1.807, 2.05) is 4.72 Å². The summed E-state index contributed by atoms with van der Waals surface area (Å²) in [7, 11) is -4.00. The molecule has 5 nitrogen and oxygen atoms in total. The summed E-state index contributed by atoms with van der Waals surface area (Å²) in [6.07, 6.45) is -0.465. The largest absolute Gasteiger partial charge is 0.550 e. The predicted molar refractivity (Wildman–Crippen MR) is 51.2 cm³/mol. The SMILES string of the molecule is O=C([O-])CCNS(=O)(=O)c1ccccc1F. The molecule has 0 saturated carbocycles. The average Bonchev–Trinajstić information content (AvgIpc) is 2.17. The fourth-order valence-electron chi connectivity index (χ4n) is 1.03. The van der Waals surface area contributed by atoms with Gasteiger partial charge in [-0.2, -0.15) is 0 Å². The molecule has 88 valence electrons. The lowest BCUT2D eigenvalue weighted by Gasteiger charge is -2.07. The highest BCUT2D eigenvalue weighted by molar-refractivity contribution is 7.89. The van der Waals surface area contributed by atoms with E-state index in [0.717, 1.165) is 12.1 Å². The molecule has 0 amide bonds. The van der Waals surface area contributed by atoms with Crippen molar-refractivity contribution in [3.05, 3.63) is 30.1 Å². The van der Waals surface area contributed by atoms with Crippen LogP contribution in [0.15, 0.2) is 29.2 Å². The van der Waals surface area contributed by atoms with Crippen molar-refractivity contribution in [3.63, 3.8) is 0 Å². The minimum atomic E-state index is -4.00. The molecule has 16 heavy (non-hydrogen) atoms. The number of nitrogens with one attached hydrogen (secondary N) is 1. The lowest BCUT2D eigenvalue weighted by atomic mass is 10.4. The third kappa shape index (κ3) is 3.28. The number of sulfonamides is 1. The van der Waals surface area contributed by atoms with Crippen LogP contribution < -0.4 is 9.83 Å². The maximum Gasteiger partial charge on any atom is 0.243 e. The maximum atomic E-state index is 13.1. The van der Waals surface area contributed by atoms with Crippen LogP contribution in [-0.4, -0.2) is 20.9 Å². The molecule has 0 unspecified atom stereocenters. The third-order valence-electron chi connectivity index (χ3n) is 1.75. The molecule has 0 radical (unpaired) electrons. The van der Waals surface area contributed by atoms with E-state index in [0.29, 0.717) is 0 Å². The van der Waals surface area contributed by atoms with Crippen molar-refractivity contribution in [1.29, 1.82) is 0 Å². The van der Waals surface area contributed by atoms with Crippen molar-refractivity contribution in [1.82, 2.24) is 4.72 Å². The van der Waals surface area contributed by atoms with Crippen LogP contribution in [0.3, 0.4) is 0 Å². The Morgan fingerprint density at radius 1 is 1.38 bits per heavy atom. The summed E-state index contributed by atoms with van der Waals surface area (Å²) in [6, 6.07) is 4.83. The third-order valence-corrected chi connectivity index (χ3v) is 3.24. The van der Waals surface area contributed by atoms with Gasteiger partial charge in [-0.15, -0.1) is 0 Å². The molecule has 0 saturated heterocycles. The minimum Gasteiger partial charge on any atom is -0.550 e. The number of benzene rings is 1. The Balaban J connectivity index is 2.79. The van der Waals surface area contributed by atoms with Gasteiger partial charge in [0, 0.05) is 18.9 Å². The average molecular weight is 246 g/mol. The van der Waals surface area contributed by atoms with Crippen LogP contribution in [-0.2, 0) is 14.8 Å². The van der Waals surface area contributed by atoms with Crippen molar-refractivity contribution in [3.8, 4) is 0 Å². The first-order valence-electron chi connectivity index (χ1n) is 4.37. The molecule has 0 heterocycles. The van der Waals surface area contributed by atoms with Crippen LogP contribution >= 0.6 is 0 Å². The molecule has 0 atom stereocenters. The summed E-state index contributed by atoms with van der Waals surface area (Å²) in [4.78, 5) is 9.56. The molecule has 7 heteroatoms. The first kappa shape index (κ1) is 12.6. The summed E-state index contributed by atoms with van der Waals surface area (Å²) in [5.74, 6) is -2.26. The molecule has 0 aliphatic carbocycles. The second-order valence-electron chi connectivity index (χ2n) is 2.95. The van der Waals surface area contributed by atoms with Gasteiger partial charge in [-0.05, 0) is 12.1 Å². The first-order valence-corrected chi connectivity index (χ1v) is 5.86. The Morgan fingerprint density at radius 3 is 2.56 bits per heavy atom. The van der Waals surface area contributed by atoms with Gasteiger partial charge in [-0.1, -0.05) is 12.1 Å². The second kappa shape index (κ2) is 5.04. The summed E-state index contributed by atoms with van der Waals surface area (Å²) < 4.78 is 38.0. The first-order chi connectivity index (χ1) is 7.43. The van der Waals surface area contributed by atoms with Crippen LogP contribution in [0, 0.1) is 5.82 Å². The van der Waals surface area contributed by atoms with Gasteiger partial charge in [0.1, 0.15) is 10.7 Å². The maximum absolute atomic E-state index is 13.1. The van der Waals surface area contributed by atoms with Crippen molar-refractivity contribution < 1.29 is 22.7 Å². The molecule has 0 aliphatic rings. The van der Waals surface area contributed by atoms with E-state index in [4.69, 9.17) is 0 Å². The van der Waals surface area contributed by atoms with Gasteiger partial charge in [0.15, 0.2) is 0 Å². The van der Waals surface area contributed by atoms with E-state index in [-0.39, 0.29) is 6.54 Å². The van der Waals surface area contributed by atoms with E-state index < -0.39 is 33.1 Å². The van der Waals surface area contributed by atoms with Crippen LogP contribution in [0.4, 0.5) is 4.39 Å². The Hall–Kier alpha value is -1.47. The van der Waals surface area contributed by atoms with Gasteiger partial charge in [0.05, 0.1) is 0 Å². The second-order valence-corrected chi connectivity index (χ2v) is 4.69. The monoisotopic (exact) mass is 246 g/mol.